The van der Waals surface area contributed by atoms with Crippen LogP contribution in [0, 0.1) is 19.8 Å². The van der Waals surface area contributed by atoms with Gasteiger partial charge >= 0.3 is 0 Å². The van der Waals surface area contributed by atoms with Crippen molar-refractivity contribution in [2.45, 2.75) is 59.0 Å². The van der Waals surface area contributed by atoms with E-state index in [1.54, 1.807) is 11.0 Å². The Hall–Kier alpha value is -3.32. The molecule has 2 aromatic carbocycles. The van der Waals surface area contributed by atoms with E-state index < -0.39 is 0 Å². The number of nitrogens with zero attached hydrogens (tertiary/aromatic N) is 2. The summed E-state index contributed by atoms with van der Waals surface area (Å²) in [5, 5.41) is 13.4. The smallest absolute Gasteiger partial charge is 0.258 e. The summed E-state index contributed by atoms with van der Waals surface area (Å²) in [6, 6.07) is 7.43. The quantitative estimate of drug-likeness (QED) is 0.483. The van der Waals surface area contributed by atoms with Gasteiger partial charge < -0.3 is 25.0 Å². The lowest BCUT2D eigenvalue weighted by Crippen LogP contribution is -2.27. The minimum Gasteiger partial charge on any atom is -0.508 e. The van der Waals surface area contributed by atoms with E-state index in [-0.39, 0.29) is 17.6 Å². The summed E-state index contributed by atoms with van der Waals surface area (Å²) in [5.74, 6) is 0.857. The highest BCUT2D eigenvalue weighted by Gasteiger charge is 2.30. The highest BCUT2D eigenvalue weighted by molar-refractivity contribution is 6.00. The van der Waals surface area contributed by atoms with Crippen molar-refractivity contribution in [3.8, 4) is 11.5 Å². The Morgan fingerprint density at radius 2 is 1.84 bits per heavy atom. The summed E-state index contributed by atoms with van der Waals surface area (Å²) in [7, 11) is 3.89. The van der Waals surface area contributed by atoms with E-state index in [4.69, 9.17) is 4.74 Å². The molecule has 1 fully saturated rings. The van der Waals surface area contributed by atoms with Crippen LogP contribution in [0.1, 0.15) is 64.7 Å². The molecular formula is C30H39N3O4. The van der Waals surface area contributed by atoms with Crippen LogP contribution in [0.3, 0.4) is 0 Å². The number of carbonyl (C=O) groups is 2. The number of nitrogens with one attached hydrogen (secondary N) is 1. The molecule has 2 N–H and O–H groups in total. The molecule has 0 radical (unpaired) electrons. The lowest BCUT2D eigenvalue weighted by molar-refractivity contribution is -0.111. The summed E-state index contributed by atoms with van der Waals surface area (Å²) >= 11 is 0. The predicted molar refractivity (Wildman–Crippen MR) is 146 cm³/mol. The van der Waals surface area contributed by atoms with Gasteiger partial charge in [-0.15, -0.1) is 0 Å². The first-order valence-corrected chi connectivity index (χ1v) is 13.2. The number of rotatable bonds is 8. The summed E-state index contributed by atoms with van der Waals surface area (Å²) in [6.07, 6.45) is 9.36. The number of hydrogen-bond acceptors (Lipinski definition) is 5. The SMILES string of the molecule is Cc1cc(O)c(C)c(OCC2CCCCC2)c1C(=O)N1Cc2ccc(NC(=O)/C=C/CN(C)C)cc2C1. The van der Waals surface area contributed by atoms with E-state index in [0.29, 0.717) is 60.3 Å². The fraction of sp³-hybridized carbons (Fsp3) is 0.467. The van der Waals surface area contributed by atoms with Crippen molar-refractivity contribution in [1.29, 1.82) is 0 Å². The minimum absolute atomic E-state index is 0.104. The van der Waals surface area contributed by atoms with Crippen LogP contribution in [0.25, 0.3) is 0 Å². The molecule has 1 aliphatic heterocycles. The Morgan fingerprint density at radius 1 is 1.11 bits per heavy atom. The zero-order chi connectivity index (χ0) is 26.5. The highest BCUT2D eigenvalue weighted by Crippen LogP contribution is 2.37. The Kier molecular flexibility index (Phi) is 8.54. The highest BCUT2D eigenvalue weighted by atomic mass is 16.5. The van der Waals surface area contributed by atoms with Crippen LogP contribution in [-0.2, 0) is 17.9 Å². The van der Waals surface area contributed by atoms with Gasteiger partial charge in [-0.1, -0.05) is 31.4 Å². The number of carbonyl (C=O) groups excluding carboxylic acids is 2. The third kappa shape index (κ3) is 6.52. The number of aryl methyl sites for hydroxylation is 1. The lowest BCUT2D eigenvalue weighted by Gasteiger charge is -2.25. The average Bonchev–Trinajstić information content (AvgIpc) is 3.29. The number of aromatic hydroxyl groups is 1. The van der Waals surface area contributed by atoms with Gasteiger partial charge in [0.15, 0.2) is 0 Å². The zero-order valence-electron chi connectivity index (χ0n) is 22.5. The molecule has 1 saturated carbocycles. The van der Waals surface area contributed by atoms with Gasteiger partial charge in [-0.3, -0.25) is 9.59 Å². The van der Waals surface area contributed by atoms with Gasteiger partial charge in [0.2, 0.25) is 5.91 Å². The largest absolute Gasteiger partial charge is 0.508 e. The third-order valence-corrected chi connectivity index (χ3v) is 7.32. The zero-order valence-corrected chi connectivity index (χ0v) is 22.5. The summed E-state index contributed by atoms with van der Waals surface area (Å²) < 4.78 is 6.27. The molecule has 0 bridgehead atoms. The second-order valence-electron chi connectivity index (χ2n) is 10.7. The Labute approximate surface area is 220 Å². The second-order valence-corrected chi connectivity index (χ2v) is 10.7. The number of ether oxygens (including phenoxy) is 1. The molecule has 2 amide bonds. The van der Waals surface area contributed by atoms with E-state index >= 15 is 0 Å². The normalized spacial score (nSPS) is 15.9. The fourth-order valence-corrected chi connectivity index (χ4v) is 5.20. The van der Waals surface area contributed by atoms with Crippen molar-refractivity contribution in [2.24, 2.45) is 5.92 Å². The molecule has 7 heteroatoms. The van der Waals surface area contributed by atoms with Crippen LogP contribution in [-0.4, -0.2) is 54.0 Å². The molecule has 1 heterocycles. The van der Waals surface area contributed by atoms with E-state index in [1.165, 1.54) is 25.3 Å². The molecule has 0 aromatic heterocycles. The van der Waals surface area contributed by atoms with E-state index in [2.05, 4.69) is 5.32 Å². The maximum atomic E-state index is 13.8. The number of phenols is 1. The third-order valence-electron chi connectivity index (χ3n) is 7.32. The minimum atomic E-state index is -0.178. The van der Waals surface area contributed by atoms with Crippen LogP contribution in [0.5, 0.6) is 11.5 Å². The Morgan fingerprint density at radius 3 is 2.57 bits per heavy atom. The Bertz CT molecular complexity index is 1180. The van der Waals surface area contributed by atoms with Crippen molar-refractivity contribution >= 4 is 17.5 Å². The van der Waals surface area contributed by atoms with Crippen molar-refractivity contribution in [3.63, 3.8) is 0 Å². The molecule has 7 nitrogen and oxygen atoms in total. The first kappa shape index (κ1) is 26.7. The maximum absolute atomic E-state index is 13.8. The van der Waals surface area contributed by atoms with Crippen molar-refractivity contribution in [3.05, 3.63) is 64.2 Å². The number of amides is 2. The maximum Gasteiger partial charge on any atom is 0.258 e. The molecule has 0 spiro atoms. The molecule has 0 atom stereocenters. The molecule has 0 saturated heterocycles. The first-order chi connectivity index (χ1) is 17.7. The summed E-state index contributed by atoms with van der Waals surface area (Å²) in [5.41, 5.74) is 4.63. The van der Waals surface area contributed by atoms with Crippen molar-refractivity contribution < 1.29 is 19.4 Å². The summed E-state index contributed by atoms with van der Waals surface area (Å²) in [6.45, 7) is 5.86. The number of hydrogen-bond donors (Lipinski definition) is 2. The molecule has 0 unspecified atom stereocenters. The van der Waals surface area contributed by atoms with E-state index in [0.717, 1.165) is 24.0 Å². The number of benzene rings is 2. The molecule has 4 rings (SSSR count). The number of anilines is 1. The fourth-order valence-electron chi connectivity index (χ4n) is 5.20. The number of phenolic OH excluding ortho intramolecular Hbond substituents is 1. The second kappa shape index (κ2) is 11.8. The van der Waals surface area contributed by atoms with Gasteiger partial charge in [-0.05, 0) is 81.6 Å². The summed E-state index contributed by atoms with van der Waals surface area (Å²) in [4.78, 5) is 29.8. The molecule has 1 aliphatic carbocycles. The van der Waals surface area contributed by atoms with Gasteiger partial charge in [-0.2, -0.15) is 0 Å². The van der Waals surface area contributed by atoms with Crippen LogP contribution in [0.15, 0.2) is 36.4 Å². The van der Waals surface area contributed by atoms with Crippen LogP contribution in [0.4, 0.5) is 5.69 Å². The van der Waals surface area contributed by atoms with E-state index in [9.17, 15) is 14.7 Å². The molecule has 2 aromatic rings. The standard InChI is InChI=1S/C30H39N3O4/c1-20-15-26(34)21(2)29(37-19-22-9-6-5-7-10-22)28(20)30(36)33-17-23-12-13-25(16-24(23)18-33)31-27(35)11-8-14-32(3)4/h8,11-13,15-16,22,34H,5-7,9-10,14,17-19H2,1-4H3,(H,31,35)/b11-8+. The van der Waals surface area contributed by atoms with Crippen LogP contribution < -0.4 is 10.1 Å². The average molecular weight is 506 g/mol. The van der Waals surface area contributed by atoms with Gasteiger partial charge in [0, 0.05) is 37.0 Å². The first-order valence-electron chi connectivity index (χ1n) is 13.2. The molecule has 37 heavy (non-hydrogen) atoms. The predicted octanol–water partition coefficient (Wildman–Crippen LogP) is 5.18. The van der Waals surface area contributed by atoms with Crippen LogP contribution in [0.2, 0.25) is 0 Å². The van der Waals surface area contributed by atoms with Gasteiger partial charge in [0.05, 0.1) is 12.2 Å². The van der Waals surface area contributed by atoms with Gasteiger partial charge in [0.1, 0.15) is 11.5 Å². The topological polar surface area (TPSA) is 82.1 Å². The van der Waals surface area contributed by atoms with Gasteiger partial charge in [-0.25, -0.2) is 0 Å². The van der Waals surface area contributed by atoms with Gasteiger partial charge in [0.25, 0.3) is 5.91 Å². The van der Waals surface area contributed by atoms with Crippen molar-refractivity contribution in [2.75, 3.05) is 32.6 Å². The van der Waals surface area contributed by atoms with E-state index in [1.807, 2.05) is 57.1 Å². The van der Waals surface area contributed by atoms with Crippen LogP contribution >= 0.6 is 0 Å². The Balaban J connectivity index is 1.48. The van der Waals surface area contributed by atoms with Crippen molar-refractivity contribution in [1.82, 2.24) is 9.80 Å². The molecular weight excluding hydrogens is 466 g/mol. The lowest BCUT2D eigenvalue weighted by atomic mass is 9.90. The number of fused-ring (bicyclic) bond motifs is 1. The number of likely N-dealkylation sites (N-methyl/N-ethyl adjacent to an activating group) is 1. The monoisotopic (exact) mass is 505 g/mol. The molecule has 198 valence electrons. The molecule has 2 aliphatic rings.